The van der Waals surface area contributed by atoms with Gasteiger partial charge in [-0.2, -0.15) is 5.10 Å². The first-order valence-electron chi connectivity index (χ1n) is 4.04. The predicted octanol–water partition coefficient (Wildman–Crippen LogP) is 0.734. The summed E-state index contributed by atoms with van der Waals surface area (Å²) >= 11 is 0. The Morgan fingerprint density at radius 1 is 1.64 bits per heavy atom. The molecule has 62 valence electrons. The molecule has 0 radical (unpaired) electrons. The number of aromatic nitrogens is 2. The molecular weight excluding hydrogens is 138 g/mol. The zero-order valence-corrected chi connectivity index (χ0v) is 7.15. The second-order valence-electron chi connectivity index (χ2n) is 2.58. The van der Waals surface area contributed by atoms with Gasteiger partial charge in [-0.25, -0.2) is 0 Å². The Balaban J connectivity index is 2.54. The van der Waals surface area contributed by atoms with Crippen LogP contribution in [0.15, 0.2) is 6.20 Å². The monoisotopic (exact) mass is 153 g/mol. The van der Waals surface area contributed by atoms with E-state index in [0.717, 1.165) is 19.4 Å². The molecule has 1 heterocycles. The van der Waals surface area contributed by atoms with Crippen LogP contribution in [0.5, 0.6) is 0 Å². The van der Waals surface area contributed by atoms with Crippen LogP contribution in [-0.2, 0) is 12.8 Å². The first kappa shape index (κ1) is 8.27. The summed E-state index contributed by atoms with van der Waals surface area (Å²) in [5, 5.41) is 10.1. The number of rotatable bonds is 4. The van der Waals surface area contributed by atoms with Gasteiger partial charge in [-0.1, -0.05) is 6.92 Å². The summed E-state index contributed by atoms with van der Waals surface area (Å²) in [5.74, 6) is 0. The molecule has 11 heavy (non-hydrogen) atoms. The van der Waals surface area contributed by atoms with Crippen molar-refractivity contribution in [1.29, 1.82) is 0 Å². The highest BCUT2D eigenvalue weighted by molar-refractivity contribution is 5.16. The van der Waals surface area contributed by atoms with Gasteiger partial charge in [0.2, 0.25) is 0 Å². The molecule has 3 nitrogen and oxygen atoms in total. The summed E-state index contributed by atoms with van der Waals surface area (Å²) < 4.78 is 0. The van der Waals surface area contributed by atoms with E-state index < -0.39 is 0 Å². The van der Waals surface area contributed by atoms with Crippen molar-refractivity contribution in [2.24, 2.45) is 0 Å². The molecule has 0 aliphatic carbocycles. The highest BCUT2D eigenvalue weighted by atomic mass is 15.1. The number of hydrogen-bond donors (Lipinski definition) is 2. The maximum atomic E-state index is 3.99. The molecule has 0 atom stereocenters. The van der Waals surface area contributed by atoms with Gasteiger partial charge in [0.25, 0.3) is 0 Å². The van der Waals surface area contributed by atoms with Crippen molar-refractivity contribution in [3.8, 4) is 0 Å². The maximum Gasteiger partial charge on any atom is 0.0522 e. The van der Waals surface area contributed by atoms with Crippen LogP contribution in [0.1, 0.15) is 18.2 Å². The van der Waals surface area contributed by atoms with E-state index in [-0.39, 0.29) is 0 Å². The van der Waals surface area contributed by atoms with Crippen molar-refractivity contribution in [3.05, 3.63) is 17.5 Å². The van der Waals surface area contributed by atoms with Gasteiger partial charge < -0.3 is 5.32 Å². The van der Waals surface area contributed by atoms with Gasteiger partial charge >= 0.3 is 0 Å². The van der Waals surface area contributed by atoms with E-state index in [1.54, 1.807) is 0 Å². The van der Waals surface area contributed by atoms with Crippen molar-refractivity contribution in [2.45, 2.75) is 19.8 Å². The molecule has 1 aromatic rings. The lowest BCUT2D eigenvalue weighted by Crippen LogP contribution is -2.11. The lowest BCUT2D eigenvalue weighted by molar-refractivity contribution is 0.766. The van der Waals surface area contributed by atoms with E-state index in [1.807, 2.05) is 13.2 Å². The molecule has 0 unspecified atom stereocenters. The second kappa shape index (κ2) is 4.13. The van der Waals surface area contributed by atoms with Gasteiger partial charge in [0.1, 0.15) is 0 Å². The number of aryl methyl sites for hydroxylation is 1. The summed E-state index contributed by atoms with van der Waals surface area (Å²) in [5.41, 5.74) is 2.60. The second-order valence-corrected chi connectivity index (χ2v) is 2.58. The smallest absolute Gasteiger partial charge is 0.0522 e. The van der Waals surface area contributed by atoms with Crippen LogP contribution in [-0.4, -0.2) is 23.8 Å². The molecule has 0 aliphatic heterocycles. The fourth-order valence-corrected chi connectivity index (χ4v) is 1.11. The number of nitrogens with zero attached hydrogens (tertiary/aromatic N) is 1. The van der Waals surface area contributed by atoms with Crippen molar-refractivity contribution in [1.82, 2.24) is 15.5 Å². The average molecular weight is 153 g/mol. The SMILES string of the molecule is CCc1cn[nH]c1CCNC. The van der Waals surface area contributed by atoms with E-state index in [0.29, 0.717) is 0 Å². The van der Waals surface area contributed by atoms with E-state index in [1.165, 1.54) is 11.3 Å². The Morgan fingerprint density at radius 2 is 2.45 bits per heavy atom. The normalized spacial score (nSPS) is 10.4. The van der Waals surface area contributed by atoms with E-state index in [9.17, 15) is 0 Å². The third kappa shape index (κ3) is 2.05. The van der Waals surface area contributed by atoms with Gasteiger partial charge in [-0.3, -0.25) is 5.10 Å². The fourth-order valence-electron chi connectivity index (χ4n) is 1.11. The molecule has 0 saturated heterocycles. The Labute approximate surface area is 67.2 Å². The Hall–Kier alpha value is -0.830. The summed E-state index contributed by atoms with van der Waals surface area (Å²) in [6.45, 7) is 3.16. The number of aromatic amines is 1. The molecule has 0 saturated carbocycles. The van der Waals surface area contributed by atoms with E-state index in [2.05, 4.69) is 22.4 Å². The van der Waals surface area contributed by atoms with Crippen molar-refractivity contribution < 1.29 is 0 Å². The molecule has 3 heteroatoms. The highest BCUT2D eigenvalue weighted by Crippen LogP contribution is 2.04. The third-order valence-electron chi connectivity index (χ3n) is 1.81. The van der Waals surface area contributed by atoms with Gasteiger partial charge in [0.15, 0.2) is 0 Å². The first-order chi connectivity index (χ1) is 5.38. The van der Waals surface area contributed by atoms with Crippen LogP contribution in [0.4, 0.5) is 0 Å². The van der Waals surface area contributed by atoms with E-state index in [4.69, 9.17) is 0 Å². The van der Waals surface area contributed by atoms with Crippen LogP contribution in [0, 0.1) is 0 Å². The quantitative estimate of drug-likeness (QED) is 0.669. The lowest BCUT2D eigenvalue weighted by Gasteiger charge is -1.98. The van der Waals surface area contributed by atoms with Gasteiger partial charge in [-0.15, -0.1) is 0 Å². The zero-order chi connectivity index (χ0) is 8.10. The first-order valence-corrected chi connectivity index (χ1v) is 4.04. The summed E-state index contributed by atoms with van der Waals surface area (Å²) in [7, 11) is 1.96. The molecule has 0 fully saturated rings. The number of H-pyrrole nitrogens is 1. The van der Waals surface area contributed by atoms with Gasteiger partial charge in [-0.05, 0) is 19.0 Å². The standard InChI is InChI=1S/C8H15N3/c1-3-7-6-10-11-8(7)4-5-9-2/h6,9H,3-5H2,1-2H3,(H,10,11). The topological polar surface area (TPSA) is 40.7 Å². The number of nitrogens with one attached hydrogen (secondary N) is 2. The van der Waals surface area contributed by atoms with Crippen LogP contribution in [0.3, 0.4) is 0 Å². The molecule has 0 bridgehead atoms. The average Bonchev–Trinajstić information content (AvgIpc) is 2.47. The number of likely N-dealkylation sites (N-methyl/N-ethyl adjacent to an activating group) is 1. The molecule has 1 aromatic heterocycles. The minimum atomic E-state index is 1.01. The van der Waals surface area contributed by atoms with Crippen LogP contribution < -0.4 is 5.32 Å². The minimum Gasteiger partial charge on any atom is -0.319 e. The van der Waals surface area contributed by atoms with Crippen LogP contribution in [0.25, 0.3) is 0 Å². The lowest BCUT2D eigenvalue weighted by atomic mass is 10.1. The number of hydrogen-bond acceptors (Lipinski definition) is 2. The van der Waals surface area contributed by atoms with Crippen molar-refractivity contribution in [3.63, 3.8) is 0 Å². The molecule has 0 spiro atoms. The van der Waals surface area contributed by atoms with Crippen LogP contribution >= 0.6 is 0 Å². The minimum absolute atomic E-state index is 1.01. The summed E-state index contributed by atoms with van der Waals surface area (Å²) in [6.07, 6.45) is 4.01. The Bertz CT molecular complexity index is 205. The molecule has 1 rings (SSSR count). The van der Waals surface area contributed by atoms with Crippen LogP contribution in [0.2, 0.25) is 0 Å². The summed E-state index contributed by atoms with van der Waals surface area (Å²) in [4.78, 5) is 0. The van der Waals surface area contributed by atoms with Crippen molar-refractivity contribution >= 4 is 0 Å². The maximum absolute atomic E-state index is 3.99. The molecule has 0 aliphatic rings. The fraction of sp³-hybridized carbons (Fsp3) is 0.625. The van der Waals surface area contributed by atoms with Gasteiger partial charge in [0.05, 0.1) is 6.20 Å². The molecular formula is C8H15N3. The van der Waals surface area contributed by atoms with Gasteiger partial charge in [0, 0.05) is 18.7 Å². The Morgan fingerprint density at radius 3 is 3.09 bits per heavy atom. The zero-order valence-electron chi connectivity index (χ0n) is 7.15. The molecule has 0 aromatic carbocycles. The molecule has 0 amide bonds. The largest absolute Gasteiger partial charge is 0.319 e. The predicted molar refractivity (Wildman–Crippen MR) is 45.6 cm³/mol. The third-order valence-corrected chi connectivity index (χ3v) is 1.81. The van der Waals surface area contributed by atoms with Crippen molar-refractivity contribution in [2.75, 3.05) is 13.6 Å². The summed E-state index contributed by atoms with van der Waals surface area (Å²) in [6, 6.07) is 0. The van der Waals surface area contributed by atoms with E-state index >= 15 is 0 Å². The molecule has 2 N–H and O–H groups in total. The Kier molecular flexibility index (Phi) is 3.11. The highest BCUT2D eigenvalue weighted by Gasteiger charge is 2.00.